The van der Waals surface area contributed by atoms with Crippen molar-refractivity contribution in [3.8, 4) is 0 Å². The zero-order chi connectivity index (χ0) is 16.6. The molecule has 1 aliphatic rings. The number of benzene rings is 2. The van der Waals surface area contributed by atoms with Crippen LogP contribution >= 0.6 is 23.2 Å². The van der Waals surface area contributed by atoms with Crippen LogP contribution in [0.1, 0.15) is 17.5 Å². The molecule has 0 spiro atoms. The molecule has 1 aliphatic heterocycles. The number of rotatable bonds is 3. The molecule has 0 aromatic heterocycles. The molecular formula is C18H15Cl2NO2. The number of hydrogen-bond acceptors (Lipinski definition) is 2. The number of carbonyl (C=O) groups excluding carboxylic acids is 2. The van der Waals surface area contributed by atoms with Gasteiger partial charge in [-0.1, -0.05) is 47.5 Å². The van der Waals surface area contributed by atoms with Gasteiger partial charge in [-0.2, -0.15) is 0 Å². The number of aryl methyl sites for hydroxylation is 1. The summed E-state index contributed by atoms with van der Waals surface area (Å²) in [4.78, 5) is 26.2. The number of amides is 2. The molecule has 0 N–H and O–H groups in total. The lowest BCUT2D eigenvalue weighted by Crippen LogP contribution is -2.31. The van der Waals surface area contributed by atoms with Gasteiger partial charge in [0.2, 0.25) is 11.8 Å². The summed E-state index contributed by atoms with van der Waals surface area (Å²) in [6, 6.07) is 12.7. The van der Waals surface area contributed by atoms with E-state index in [1.807, 2.05) is 25.1 Å². The summed E-state index contributed by atoms with van der Waals surface area (Å²) in [5, 5.41) is 1.09. The van der Waals surface area contributed by atoms with E-state index in [1.54, 1.807) is 24.3 Å². The van der Waals surface area contributed by atoms with Gasteiger partial charge in [-0.25, -0.2) is 4.90 Å². The first-order valence-corrected chi connectivity index (χ1v) is 8.09. The second kappa shape index (κ2) is 6.34. The number of carbonyl (C=O) groups is 2. The van der Waals surface area contributed by atoms with Gasteiger partial charge in [0.15, 0.2) is 0 Å². The molecule has 3 nitrogen and oxygen atoms in total. The maximum atomic E-state index is 12.7. The predicted molar refractivity (Wildman–Crippen MR) is 91.9 cm³/mol. The molecule has 118 valence electrons. The topological polar surface area (TPSA) is 37.4 Å². The van der Waals surface area contributed by atoms with Crippen LogP contribution in [0.3, 0.4) is 0 Å². The summed E-state index contributed by atoms with van der Waals surface area (Å²) < 4.78 is 0. The average molecular weight is 348 g/mol. The maximum absolute atomic E-state index is 12.7. The Morgan fingerprint density at radius 1 is 1.09 bits per heavy atom. The van der Waals surface area contributed by atoms with Crippen molar-refractivity contribution >= 4 is 40.7 Å². The average Bonchev–Trinajstić information content (AvgIpc) is 2.79. The van der Waals surface area contributed by atoms with Crippen LogP contribution in [0.5, 0.6) is 0 Å². The van der Waals surface area contributed by atoms with Crippen LogP contribution in [0.2, 0.25) is 10.0 Å². The Morgan fingerprint density at radius 3 is 2.48 bits per heavy atom. The molecule has 23 heavy (non-hydrogen) atoms. The first-order chi connectivity index (χ1) is 11.0. The molecule has 1 saturated heterocycles. The van der Waals surface area contributed by atoms with E-state index in [4.69, 9.17) is 23.2 Å². The van der Waals surface area contributed by atoms with Crippen LogP contribution in [0.15, 0.2) is 42.5 Å². The molecule has 2 aromatic carbocycles. The van der Waals surface area contributed by atoms with Crippen molar-refractivity contribution in [2.45, 2.75) is 19.8 Å². The molecule has 1 atom stereocenters. The smallest absolute Gasteiger partial charge is 0.237 e. The highest BCUT2D eigenvalue weighted by Crippen LogP contribution is 2.35. The van der Waals surface area contributed by atoms with E-state index in [0.29, 0.717) is 22.2 Å². The van der Waals surface area contributed by atoms with E-state index in [1.165, 1.54) is 4.90 Å². The minimum Gasteiger partial charge on any atom is -0.274 e. The highest BCUT2D eigenvalue weighted by Gasteiger charge is 2.40. The number of nitrogens with zero attached hydrogens (tertiary/aromatic N) is 1. The normalized spacial score (nSPS) is 17.9. The van der Waals surface area contributed by atoms with Gasteiger partial charge < -0.3 is 0 Å². The van der Waals surface area contributed by atoms with Gasteiger partial charge >= 0.3 is 0 Å². The molecule has 2 aromatic rings. The van der Waals surface area contributed by atoms with Crippen LogP contribution < -0.4 is 4.90 Å². The van der Waals surface area contributed by atoms with E-state index in [2.05, 4.69) is 0 Å². The molecule has 0 radical (unpaired) electrons. The fourth-order valence-electron chi connectivity index (χ4n) is 2.82. The van der Waals surface area contributed by atoms with Gasteiger partial charge in [-0.15, -0.1) is 0 Å². The molecule has 1 heterocycles. The summed E-state index contributed by atoms with van der Waals surface area (Å²) in [6.45, 7) is 1.85. The molecule has 1 fully saturated rings. The SMILES string of the molecule is Cc1cccc(N2C(=O)C[C@@H](Cc3ccc(Cl)cc3)C2=O)c1Cl. The van der Waals surface area contributed by atoms with E-state index < -0.39 is 0 Å². The molecule has 0 saturated carbocycles. The third-order valence-corrected chi connectivity index (χ3v) is 4.79. The van der Waals surface area contributed by atoms with Crippen molar-refractivity contribution in [3.63, 3.8) is 0 Å². The molecule has 3 rings (SSSR count). The lowest BCUT2D eigenvalue weighted by atomic mass is 9.98. The Morgan fingerprint density at radius 2 is 1.78 bits per heavy atom. The highest BCUT2D eigenvalue weighted by atomic mass is 35.5. The molecular weight excluding hydrogens is 333 g/mol. The van der Waals surface area contributed by atoms with E-state index in [9.17, 15) is 9.59 Å². The van der Waals surface area contributed by atoms with Crippen LogP contribution in [0, 0.1) is 12.8 Å². The lowest BCUT2D eigenvalue weighted by Gasteiger charge is -2.17. The van der Waals surface area contributed by atoms with Crippen LogP contribution in [0.25, 0.3) is 0 Å². The van der Waals surface area contributed by atoms with E-state index in [-0.39, 0.29) is 24.2 Å². The van der Waals surface area contributed by atoms with Crippen LogP contribution in [-0.2, 0) is 16.0 Å². The van der Waals surface area contributed by atoms with Gasteiger partial charge in [0.25, 0.3) is 0 Å². The molecule has 0 bridgehead atoms. The second-order valence-electron chi connectivity index (χ2n) is 5.71. The first-order valence-electron chi connectivity index (χ1n) is 7.33. The summed E-state index contributed by atoms with van der Waals surface area (Å²) in [5.41, 5.74) is 2.30. The van der Waals surface area contributed by atoms with Crippen molar-refractivity contribution in [1.29, 1.82) is 0 Å². The standard InChI is InChI=1S/C18H15Cl2NO2/c1-11-3-2-4-15(17(11)20)21-16(22)10-13(18(21)23)9-12-5-7-14(19)8-6-12/h2-8,13H,9-10H2,1H3/t13-/m1/s1. The zero-order valence-electron chi connectivity index (χ0n) is 12.6. The second-order valence-corrected chi connectivity index (χ2v) is 6.52. The van der Waals surface area contributed by atoms with E-state index in [0.717, 1.165) is 11.1 Å². The van der Waals surface area contributed by atoms with Crippen LogP contribution in [-0.4, -0.2) is 11.8 Å². The summed E-state index contributed by atoms with van der Waals surface area (Å²) in [7, 11) is 0. The largest absolute Gasteiger partial charge is 0.274 e. The van der Waals surface area contributed by atoms with Gasteiger partial charge in [0.1, 0.15) is 0 Å². The molecule has 2 amide bonds. The van der Waals surface area contributed by atoms with Crippen molar-refractivity contribution in [2.24, 2.45) is 5.92 Å². The summed E-state index contributed by atoms with van der Waals surface area (Å²) in [5.74, 6) is -0.765. The van der Waals surface area contributed by atoms with Crippen LogP contribution in [0.4, 0.5) is 5.69 Å². The summed E-state index contributed by atoms with van der Waals surface area (Å²) >= 11 is 12.1. The van der Waals surface area contributed by atoms with E-state index >= 15 is 0 Å². The van der Waals surface area contributed by atoms with Crippen molar-refractivity contribution in [2.75, 3.05) is 4.90 Å². The molecule has 0 unspecified atom stereocenters. The zero-order valence-corrected chi connectivity index (χ0v) is 14.1. The maximum Gasteiger partial charge on any atom is 0.237 e. The Bertz CT molecular complexity index is 771. The number of hydrogen-bond donors (Lipinski definition) is 0. The Hall–Kier alpha value is -1.84. The Kier molecular flexibility index (Phi) is 4.42. The van der Waals surface area contributed by atoms with Gasteiger partial charge in [0, 0.05) is 11.4 Å². The van der Waals surface area contributed by atoms with Crippen molar-refractivity contribution in [1.82, 2.24) is 0 Å². The highest BCUT2D eigenvalue weighted by molar-refractivity contribution is 6.36. The lowest BCUT2D eigenvalue weighted by molar-refractivity contribution is -0.122. The van der Waals surface area contributed by atoms with Gasteiger partial charge in [-0.3, -0.25) is 9.59 Å². The third kappa shape index (κ3) is 3.12. The number of imide groups is 1. The summed E-state index contributed by atoms with van der Waals surface area (Å²) in [6.07, 6.45) is 0.716. The minimum absolute atomic E-state index is 0.197. The molecule has 0 aliphatic carbocycles. The quantitative estimate of drug-likeness (QED) is 0.770. The monoisotopic (exact) mass is 347 g/mol. The van der Waals surface area contributed by atoms with Crippen molar-refractivity contribution < 1.29 is 9.59 Å². The van der Waals surface area contributed by atoms with Crippen molar-refractivity contribution in [3.05, 3.63) is 63.6 Å². The fourth-order valence-corrected chi connectivity index (χ4v) is 3.15. The van der Waals surface area contributed by atoms with Gasteiger partial charge in [-0.05, 0) is 42.7 Å². The fraction of sp³-hybridized carbons (Fsp3) is 0.222. The number of anilines is 1. The first kappa shape index (κ1) is 16.0. The molecule has 5 heteroatoms. The minimum atomic E-state index is -0.361. The van der Waals surface area contributed by atoms with Gasteiger partial charge in [0.05, 0.1) is 16.6 Å². The number of halogens is 2. The predicted octanol–water partition coefficient (Wildman–Crippen LogP) is 4.42. The Balaban J connectivity index is 1.85. The Labute approximate surface area is 144 Å². The third-order valence-electron chi connectivity index (χ3n) is 4.05.